The van der Waals surface area contributed by atoms with Gasteiger partial charge < -0.3 is 20.9 Å². The highest BCUT2D eigenvalue weighted by Crippen LogP contribution is 2.29. The van der Waals surface area contributed by atoms with Crippen LogP contribution in [-0.2, 0) is 29.9 Å². The second-order valence-corrected chi connectivity index (χ2v) is 8.99. The number of rotatable bonds is 4. The van der Waals surface area contributed by atoms with Crippen LogP contribution in [0.15, 0.2) is 11.1 Å². The minimum absolute atomic E-state index is 0.0618. The average Bonchev–Trinajstić information content (AvgIpc) is 2.37. The minimum atomic E-state index is -4.18. The number of hydrogen-bond acceptors (Lipinski definition) is 6. The van der Waals surface area contributed by atoms with Crippen LogP contribution in [0.4, 0.5) is 9.59 Å². The van der Waals surface area contributed by atoms with Gasteiger partial charge in [-0.3, -0.25) is 14.1 Å². The number of primary amides is 2. The van der Waals surface area contributed by atoms with E-state index >= 15 is 0 Å². The van der Waals surface area contributed by atoms with Crippen LogP contribution >= 0.6 is 0 Å². The standard InChI is InChI=1S/C10H15N3O7S2/c1-5-8(20-10(12)15)6(4-19-9(11)14)7(3-13-5)21(2)22(16,17)18/h3H,4H2,1-2H3,(H2,11,14)(H2,12,15)(H2,16,17,18). The summed E-state index contributed by atoms with van der Waals surface area (Å²) >= 11 is 0. The quantitative estimate of drug-likeness (QED) is 0.593. The van der Waals surface area contributed by atoms with Gasteiger partial charge in [0.1, 0.15) is 6.61 Å². The lowest BCUT2D eigenvalue weighted by Gasteiger charge is -2.16. The first kappa shape index (κ1) is 18.2. The fourth-order valence-corrected chi connectivity index (χ4v) is 3.57. The number of amides is 2. The lowest BCUT2D eigenvalue weighted by atomic mass is 10.2. The Morgan fingerprint density at radius 2 is 1.95 bits per heavy atom. The van der Waals surface area contributed by atoms with Gasteiger partial charge in [0.25, 0.3) is 0 Å². The van der Waals surface area contributed by atoms with Gasteiger partial charge in [-0.15, -0.1) is 0 Å². The molecule has 22 heavy (non-hydrogen) atoms. The molecule has 0 saturated carbocycles. The van der Waals surface area contributed by atoms with Gasteiger partial charge >= 0.3 is 12.2 Å². The Morgan fingerprint density at radius 3 is 2.41 bits per heavy atom. The summed E-state index contributed by atoms with van der Waals surface area (Å²) in [7, 11) is -5.78. The summed E-state index contributed by atoms with van der Waals surface area (Å²) in [6.45, 7) is 1.03. The summed E-state index contributed by atoms with van der Waals surface area (Å²) in [5.74, 6) is -0.130. The van der Waals surface area contributed by atoms with Gasteiger partial charge in [0.05, 0.1) is 5.69 Å². The van der Waals surface area contributed by atoms with E-state index in [1.807, 2.05) is 0 Å². The minimum Gasteiger partial charge on any atom is -0.445 e. The first-order chi connectivity index (χ1) is 10.0. The number of carbonyl (C=O) groups is 2. The van der Waals surface area contributed by atoms with E-state index in [-0.39, 0.29) is 21.9 Å². The van der Waals surface area contributed by atoms with E-state index in [4.69, 9.17) is 16.2 Å². The second kappa shape index (κ2) is 6.91. The molecule has 0 aromatic carbocycles. The molecule has 0 aliphatic heterocycles. The highest BCUT2D eigenvalue weighted by molar-refractivity contribution is 8.42. The topological polar surface area (TPSA) is 175 Å². The predicted molar refractivity (Wildman–Crippen MR) is 78.5 cm³/mol. The largest absolute Gasteiger partial charge is 0.445 e. The van der Waals surface area contributed by atoms with Crippen molar-refractivity contribution in [1.82, 2.24) is 4.98 Å². The van der Waals surface area contributed by atoms with E-state index in [9.17, 15) is 22.9 Å². The molecule has 1 heterocycles. The zero-order valence-corrected chi connectivity index (χ0v) is 13.3. The lowest BCUT2D eigenvalue weighted by Crippen LogP contribution is -2.21. The number of carbonyl (C=O) groups excluding carboxylic acids is 2. The van der Waals surface area contributed by atoms with Gasteiger partial charge in [-0.2, -0.15) is 0 Å². The van der Waals surface area contributed by atoms with Crippen molar-refractivity contribution in [2.45, 2.75) is 18.4 Å². The summed E-state index contributed by atoms with van der Waals surface area (Å²) in [6, 6.07) is 0. The van der Waals surface area contributed by atoms with Gasteiger partial charge in [0.2, 0.25) is 9.05 Å². The Morgan fingerprint density at radius 1 is 1.36 bits per heavy atom. The summed E-state index contributed by atoms with van der Waals surface area (Å²) < 4.78 is 39.4. The Bertz CT molecular complexity index is 732. The monoisotopic (exact) mass is 353 g/mol. The maximum absolute atomic E-state index is 11.4. The lowest BCUT2D eigenvalue weighted by molar-refractivity contribution is 0.148. The highest BCUT2D eigenvalue weighted by atomic mass is 32.9. The van der Waals surface area contributed by atoms with Crippen LogP contribution in [-0.4, -0.2) is 36.7 Å². The SMILES string of the molecule is Cc1ncc(S(C)=S(=O)(O)O)c(COC(N)=O)c1OC(N)=O. The van der Waals surface area contributed by atoms with Crippen LogP contribution in [0.5, 0.6) is 5.75 Å². The smallest absolute Gasteiger partial charge is 0.410 e. The fraction of sp³-hybridized carbons (Fsp3) is 0.300. The Kier molecular flexibility index (Phi) is 5.71. The third-order valence-electron chi connectivity index (χ3n) is 2.47. The Balaban J connectivity index is 3.60. The van der Waals surface area contributed by atoms with Crippen LogP contribution in [0.25, 0.3) is 0 Å². The molecule has 1 aromatic rings. The Labute approximate surface area is 128 Å². The van der Waals surface area contributed by atoms with Gasteiger partial charge in [0, 0.05) is 16.7 Å². The Hall–Kier alpha value is -1.89. The zero-order chi connectivity index (χ0) is 17.1. The third kappa shape index (κ3) is 4.56. The number of hydrogen-bond donors (Lipinski definition) is 4. The average molecular weight is 353 g/mol. The molecule has 0 aliphatic carbocycles. The summed E-state index contributed by atoms with van der Waals surface area (Å²) in [5, 5.41) is 0. The second-order valence-electron chi connectivity index (χ2n) is 3.95. The first-order valence-corrected chi connectivity index (χ1v) is 9.19. The molecule has 124 valence electrons. The number of aromatic nitrogens is 1. The van der Waals surface area contributed by atoms with E-state index in [0.29, 0.717) is 0 Å². The van der Waals surface area contributed by atoms with Crippen LogP contribution < -0.4 is 16.2 Å². The van der Waals surface area contributed by atoms with E-state index in [1.54, 1.807) is 0 Å². The molecule has 0 radical (unpaired) electrons. The van der Waals surface area contributed by atoms with Gasteiger partial charge in [-0.25, -0.2) is 13.8 Å². The van der Waals surface area contributed by atoms with Crippen LogP contribution in [0, 0.1) is 6.92 Å². The molecule has 0 spiro atoms. The maximum atomic E-state index is 11.4. The van der Waals surface area contributed by atoms with Crippen molar-refractivity contribution in [2.75, 3.05) is 6.26 Å². The molecule has 1 atom stereocenters. The fourth-order valence-electron chi connectivity index (χ4n) is 1.50. The normalized spacial score (nSPS) is 12.5. The third-order valence-corrected chi connectivity index (χ3v) is 6.59. The molecule has 6 N–H and O–H groups in total. The van der Waals surface area contributed by atoms with E-state index < -0.39 is 37.3 Å². The molecule has 1 aromatic heterocycles. The number of aryl methyl sites for hydroxylation is 1. The number of ether oxygens (including phenoxy) is 2. The van der Waals surface area contributed by atoms with Crippen molar-refractivity contribution in [2.24, 2.45) is 11.5 Å². The number of nitrogens with zero attached hydrogens (tertiary/aromatic N) is 1. The molecule has 0 fully saturated rings. The first-order valence-electron chi connectivity index (χ1n) is 5.57. The molecule has 10 nitrogen and oxygen atoms in total. The van der Waals surface area contributed by atoms with Gasteiger partial charge in [-0.1, -0.05) is 9.45 Å². The number of nitrogens with two attached hydrogens (primary N) is 2. The van der Waals surface area contributed by atoms with E-state index in [0.717, 1.165) is 0 Å². The zero-order valence-electron chi connectivity index (χ0n) is 11.6. The molecule has 0 bridgehead atoms. The molecule has 1 unspecified atom stereocenters. The van der Waals surface area contributed by atoms with E-state index in [2.05, 4.69) is 9.72 Å². The van der Waals surface area contributed by atoms with Crippen molar-refractivity contribution >= 4 is 30.7 Å². The molecule has 0 aliphatic rings. The molecule has 0 saturated heterocycles. The van der Waals surface area contributed by atoms with Crippen molar-refractivity contribution in [3.05, 3.63) is 17.5 Å². The molecular weight excluding hydrogens is 338 g/mol. The highest BCUT2D eigenvalue weighted by Gasteiger charge is 2.20. The van der Waals surface area contributed by atoms with Crippen LogP contribution in [0.1, 0.15) is 11.3 Å². The van der Waals surface area contributed by atoms with Gasteiger partial charge in [0.15, 0.2) is 5.75 Å². The summed E-state index contributed by atoms with van der Waals surface area (Å²) in [4.78, 5) is 25.7. The molecule has 2 amide bonds. The van der Waals surface area contributed by atoms with Gasteiger partial charge in [-0.05, 0) is 13.2 Å². The molecule has 1 rings (SSSR count). The van der Waals surface area contributed by atoms with Crippen molar-refractivity contribution in [3.63, 3.8) is 0 Å². The van der Waals surface area contributed by atoms with E-state index in [1.165, 1.54) is 19.4 Å². The van der Waals surface area contributed by atoms with Crippen molar-refractivity contribution in [3.8, 4) is 5.75 Å². The van der Waals surface area contributed by atoms with Crippen LogP contribution in [0.2, 0.25) is 0 Å². The van der Waals surface area contributed by atoms with Crippen LogP contribution in [0.3, 0.4) is 0 Å². The molecule has 12 heteroatoms. The maximum Gasteiger partial charge on any atom is 0.410 e. The summed E-state index contributed by atoms with van der Waals surface area (Å²) in [6.07, 6.45) is 0.233. The summed E-state index contributed by atoms with van der Waals surface area (Å²) in [5.41, 5.74) is 10.1. The number of pyridine rings is 1. The van der Waals surface area contributed by atoms with Crippen molar-refractivity contribution in [1.29, 1.82) is 0 Å². The molecular formula is C10H15N3O7S2. The van der Waals surface area contributed by atoms with Crippen molar-refractivity contribution < 1.29 is 32.4 Å². The predicted octanol–water partition coefficient (Wildman–Crippen LogP) is 0.195.